The van der Waals surface area contributed by atoms with Gasteiger partial charge in [-0.05, 0) is 31.6 Å². The van der Waals surface area contributed by atoms with E-state index in [1.807, 2.05) is 6.20 Å². The fourth-order valence-electron chi connectivity index (χ4n) is 3.52. The molecule has 0 radical (unpaired) electrons. The predicted octanol–water partition coefficient (Wildman–Crippen LogP) is 3.44. The molecule has 1 aliphatic carbocycles. The van der Waals surface area contributed by atoms with Crippen LogP contribution in [-0.4, -0.2) is 30.6 Å². The van der Waals surface area contributed by atoms with Gasteiger partial charge in [0, 0.05) is 23.7 Å². The number of rotatable bonds is 4. The van der Waals surface area contributed by atoms with Gasteiger partial charge < -0.3 is 9.64 Å². The van der Waals surface area contributed by atoms with Crippen molar-refractivity contribution >= 4 is 34.8 Å². The van der Waals surface area contributed by atoms with E-state index in [1.54, 1.807) is 11.3 Å². The normalized spacial score (nSPS) is 24.3. The molecule has 1 saturated carbocycles. The lowest BCUT2D eigenvalue weighted by Gasteiger charge is -2.31. The minimum absolute atomic E-state index is 0. The number of thiazole rings is 1. The van der Waals surface area contributed by atoms with Crippen LogP contribution in [0.2, 0.25) is 0 Å². The van der Waals surface area contributed by atoms with Crippen LogP contribution in [0, 0.1) is 5.92 Å². The van der Waals surface area contributed by atoms with Crippen molar-refractivity contribution in [2.45, 2.75) is 51.0 Å². The van der Waals surface area contributed by atoms with Gasteiger partial charge in [0.05, 0.1) is 13.5 Å². The summed E-state index contributed by atoms with van der Waals surface area (Å²) in [6, 6.07) is 0.711. The summed E-state index contributed by atoms with van der Waals surface area (Å²) in [5, 5.41) is 1.15. The standard InChI is InChI=1S/C15H22N2O2S.ClH/c1-19-14(18)7-6-12-10-16-15(20-12)17-9-8-11-4-2-3-5-13(11)17;/h10-11,13H,2-9H2,1H3;1H. The Hall–Kier alpha value is -0.810. The van der Waals surface area contributed by atoms with Gasteiger partial charge in [-0.1, -0.05) is 12.8 Å². The molecule has 0 spiro atoms. The first kappa shape index (κ1) is 16.6. The summed E-state index contributed by atoms with van der Waals surface area (Å²) in [5.41, 5.74) is 0. The van der Waals surface area contributed by atoms with Crippen molar-refractivity contribution in [1.82, 2.24) is 4.98 Å². The summed E-state index contributed by atoms with van der Waals surface area (Å²) >= 11 is 1.75. The monoisotopic (exact) mass is 330 g/mol. The van der Waals surface area contributed by atoms with Crippen molar-refractivity contribution in [3.8, 4) is 0 Å². The zero-order valence-electron chi connectivity index (χ0n) is 12.4. The third kappa shape index (κ3) is 3.69. The van der Waals surface area contributed by atoms with Gasteiger partial charge in [0.15, 0.2) is 5.13 Å². The zero-order chi connectivity index (χ0) is 13.9. The first-order valence-electron chi connectivity index (χ1n) is 7.56. The quantitative estimate of drug-likeness (QED) is 0.793. The third-order valence-corrected chi connectivity index (χ3v) is 5.69. The number of aryl methyl sites for hydroxylation is 1. The van der Waals surface area contributed by atoms with E-state index >= 15 is 0 Å². The summed E-state index contributed by atoms with van der Waals surface area (Å²) in [6.07, 6.45) is 9.91. The van der Waals surface area contributed by atoms with E-state index in [-0.39, 0.29) is 18.4 Å². The highest BCUT2D eigenvalue weighted by Gasteiger charge is 2.36. The second-order valence-electron chi connectivity index (χ2n) is 5.78. The van der Waals surface area contributed by atoms with Crippen LogP contribution < -0.4 is 4.90 Å². The SMILES string of the molecule is COC(=O)CCc1cnc(N2CCC3CCCCC32)s1.Cl. The molecule has 21 heavy (non-hydrogen) atoms. The molecule has 118 valence electrons. The van der Waals surface area contributed by atoms with E-state index in [2.05, 4.69) is 14.6 Å². The molecule has 2 aliphatic rings. The van der Waals surface area contributed by atoms with Crippen LogP contribution in [0.25, 0.3) is 0 Å². The van der Waals surface area contributed by atoms with E-state index in [9.17, 15) is 4.79 Å². The molecule has 4 nitrogen and oxygen atoms in total. The van der Waals surface area contributed by atoms with Crippen LogP contribution in [0.3, 0.4) is 0 Å². The van der Waals surface area contributed by atoms with Gasteiger partial charge in [0.2, 0.25) is 0 Å². The number of esters is 1. The summed E-state index contributed by atoms with van der Waals surface area (Å²) in [7, 11) is 1.44. The van der Waals surface area contributed by atoms with Crippen molar-refractivity contribution in [2.24, 2.45) is 5.92 Å². The lowest BCUT2D eigenvalue weighted by molar-refractivity contribution is -0.140. The molecule has 2 fully saturated rings. The highest BCUT2D eigenvalue weighted by Crippen LogP contribution is 2.40. The van der Waals surface area contributed by atoms with Crippen LogP contribution in [0.15, 0.2) is 6.20 Å². The Kier molecular flexibility index (Phi) is 5.88. The van der Waals surface area contributed by atoms with Gasteiger partial charge in [0.1, 0.15) is 0 Å². The largest absolute Gasteiger partial charge is 0.469 e. The van der Waals surface area contributed by atoms with Crippen molar-refractivity contribution in [3.05, 3.63) is 11.1 Å². The molecular weight excluding hydrogens is 308 g/mol. The van der Waals surface area contributed by atoms with Crippen LogP contribution in [-0.2, 0) is 16.0 Å². The molecule has 0 amide bonds. The first-order valence-corrected chi connectivity index (χ1v) is 8.37. The van der Waals surface area contributed by atoms with Gasteiger partial charge in [-0.15, -0.1) is 23.7 Å². The number of fused-ring (bicyclic) bond motifs is 1. The molecule has 1 aromatic rings. The van der Waals surface area contributed by atoms with Crippen molar-refractivity contribution in [3.63, 3.8) is 0 Å². The molecule has 1 saturated heterocycles. The number of nitrogens with zero attached hydrogens (tertiary/aromatic N) is 2. The molecular formula is C15H23ClN2O2S. The molecule has 0 bridgehead atoms. The second-order valence-corrected chi connectivity index (χ2v) is 6.87. The zero-order valence-corrected chi connectivity index (χ0v) is 14.0. The van der Waals surface area contributed by atoms with E-state index in [0.717, 1.165) is 24.0 Å². The molecule has 2 atom stereocenters. The fraction of sp³-hybridized carbons (Fsp3) is 0.733. The summed E-state index contributed by atoms with van der Waals surface area (Å²) < 4.78 is 4.68. The Morgan fingerprint density at radius 2 is 2.24 bits per heavy atom. The number of hydrogen-bond donors (Lipinski definition) is 0. The number of halogens is 1. The number of hydrogen-bond acceptors (Lipinski definition) is 5. The highest BCUT2D eigenvalue weighted by atomic mass is 35.5. The van der Waals surface area contributed by atoms with Gasteiger partial charge in [-0.25, -0.2) is 4.98 Å². The Balaban J connectivity index is 0.00000161. The maximum atomic E-state index is 11.2. The number of aromatic nitrogens is 1. The molecule has 6 heteroatoms. The molecule has 0 aromatic carbocycles. The molecule has 2 unspecified atom stereocenters. The minimum Gasteiger partial charge on any atom is -0.469 e. The summed E-state index contributed by atoms with van der Waals surface area (Å²) in [4.78, 5) is 19.5. The number of carbonyl (C=O) groups excluding carboxylic acids is 1. The van der Waals surface area contributed by atoms with Gasteiger partial charge >= 0.3 is 5.97 Å². The maximum absolute atomic E-state index is 11.2. The van der Waals surface area contributed by atoms with Crippen molar-refractivity contribution in [2.75, 3.05) is 18.6 Å². The molecule has 0 N–H and O–H groups in total. The minimum atomic E-state index is -0.145. The Morgan fingerprint density at radius 1 is 1.43 bits per heavy atom. The molecule has 1 aromatic heterocycles. The lowest BCUT2D eigenvalue weighted by atomic mass is 9.85. The smallest absolute Gasteiger partial charge is 0.305 e. The summed E-state index contributed by atoms with van der Waals surface area (Å²) in [6.45, 7) is 1.15. The highest BCUT2D eigenvalue weighted by molar-refractivity contribution is 7.15. The van der Waals surface area contributed by atoms with Crippen LogP contribution in [0.4, 0.5) is 5.13 Å². The Bertz CT molecular complexity index is 480. The van der Waals surface area contributed by atoms with Crippen molar-refractivity contribution < 1.29 is 9.53 Å². The Labute approximate surface area is 136 Å². The number of anilines is 1. The summed E-state index contributed by atoms with van der Waals surface area (Å²) in [5.74, 6) is 0.736. The van der Waals surface area contributed by atoms with Crippen LogP contribution >= 0.6 is 23.7 Å². The molecule has 1 aliphatic heterocycles. The number of carbonyl (C=O) groups is 1. The third-order valence-electron chi connectivity index (χ3n) is 4.60. The average Bonchev–Trinajstić information content (AvgIpc) is 3.10. The van der Waals surface area contributed by atoms with Gasteiger partial charge in [-0.3, -0.25) is 4.79 Å². The van der Waals surface area contributed by atoms with Crippen LogP contribution in [0.1, 0.15) is 43.4 Å². The number of ether oxygens (including phenoxy) is 1. The molecule has 3 rings (SSSR count). The predicted molar refractivity (Wildman–Crippen MR) is 87.4 cm³/mol. The van der Waals surface area contributed by atoms with Crippen molar-refractivity contribution in [1.29, 1.82) is 0 Å². The van der Waals surface area contributed by atoms with Crippen LogP contribution in [0.5, 0.6) is 0 Å². The van der Waals surface area contributed by atoms with Gasteiger partial charge in [0.25, 0.3) is 0 Å². The average molecular weight is 331 g/mol. The van der Waals surface area contributed by atoms with E-state index in [4.69, 9.17) is 0 Å². The lowest BCUT2D eigenvalue weighted by Crippen LogP contribution is -2.34. The van der Waals surface area contributed by atoms with E-state index < -0.39 is 0 Å². The number of methoxy groups -OCH3 is 1. The first-order chi connectivity index (χ1) is 9.78. The maximum Gasteiger partial charge on any atom is 0.305 e. The fourth-order valence-corrected chi connectivity index (χ4v) is 4.51. The van der Waals surface area contributed by atoms with E-state index in [0.29, 0.717) is 12.5 Å². The van der Waals surface area contributed by atoms with Gasteiger partial charge in [-0.2, -0.15) is 0 Å². The van der Waals surface area contributed by atoms with E-state index in [1.165, 1.54) is 44.1 Å². The Morgan fingerprint density at radius 3 is 3.05 bits per heavy atom. The molecule has 2 heterocycles. The second kappa shape index (κ2) is 7.45. The topological polar surface area (TPSA) is 42.4 Å².